The summed E-state index contributed by atoms with van der Waals surface area (Å²) in [7, 11) is 0. The van der Waals surface area contributed by atoms with Crippen LogP contribution in [0, 0.1) is 11.3 Å². The lowest BCUT2D eigenvalue weighted by molar-refractivity contribution is 0.192. The molecule has 0 aromatic heterocycles. The fraction of sp³-hybridized carbons (Fsp3) is 0.417. The SMILES string of the molecule is CCC(CC)Oc1ccc(Br)cc1C#N. The third kappa shape index (κ3) is 3.24. The molecular weight excluding hydrogens is 254 g/mol. The van der Waals surface area contributed by atoms with Crippen LogP contribution in [0.1, 0.15) is 32.3 Å². The maximum absolute atomic E-state index is 8.95. The summed E-state index contributed by atoms with van der Waals surface area (Å²) in [5, 5.41) is 8.95. The first-order chi connectivity index (χ1) is 7.21. The summed E-state index contributed by atoms with van der Waals surface area (Å²) in [4.78, 5) is 0. The third-order valence-electron chi connectivity index (χ3n) is 2.27. The van der Waals surface area contributed by atoms with Crippen LogP contribution in [-0.2, 0) is 0 Å². The Bertz CT molecular complexity index is 366. The van der Waals surface area contributed by atoms with Crippen LogP contribution in [0.4, 0.5) is 0 Å². The molecule has 0 fully saturated rings. The van der Waals surface area contributed by atoms with Crippen molar-refractivity contribution in [3.63, 3.8) is 0 Å². The van der Waals surface area contributed by atoms with E-state index in [1.165, 1.54) is 0 Å². The van der Waals surface area contributed by atoms with Crippen molar-refractivity contribution in [3.8, 4) is 11.8 Å². The van der Waals surface area contributed by atoms with Crippen molar-refractivity contribution in [1.29, 1.82) is 5.26 Å². The number of hydrogen-bond acceptors (Lipinski definition) is 2. The quantitative estimate of drug-likeness (QED) is 0.829. The molecule has 15 heavy (non-hydrogen) atoms. The van der Waals surface area contributed by atoms with E-state index in [-0.39, 0.29) is 6.10 Å². The zero-order chi connectivity index (χ0) is 11.3. The van der Waals surface area contributed by atoms with Gasteiger partial charge in [0, 0.05) is 4.47 Å². The Kier molecular flexibility index (Phi) is 4.64. The van der Waals surface area contributed by atoms with Gasteiger partial charge in [-0.25, -0.2) is 0 Å². The van der Waals surface area contributed by atoms with Gasteiger partial charge in [0.05, 0.1) is 11.7 Å². The Morgan fingerprint density at radius 2 is 2.07 bits per heavy atom. The number of nitriles is 1. The molecule has 0 unspecified atom stereocenters. The summed E-state index contributed by atoms with van der Waals surface area (Å²) in [6.07, 6.45) is 2.10. The van der Waals surface area contributed by atoms with Crippen LogP contribution in [-0.4, -0.2) is 6.10 Å². The van der Waals surface area contributed by atoms with Gasteiger partial charge in [-0.15, -0.1) is 0 Å². The van der Waals surface area contributed by atoms with Crippen molar-refractivity contribution in [1.82, 2.24) is 0 Å². The molecule has 1 rings (SSSR count). The van der Waals surface area contributed by atoms with Gasteiger partial charge >= 0.3 is 0 Å². The number of benzene rings is 1. The first kappa shape index (κ1) is 12.1. The van der Waals surface area contributed by atoms with E-state index in [1.807, 2.05) is 12.1 Å². The summed E-state index contributed by atoms with van der Waals surface area (Å²) in [5.41, 5.74) is 0.580. The molecule has 0 aliphatic carbocycles. The van der Waals surface area contributed by atoms with Crippen molar-refractivity contribution in [2.24, 2.45) is 0 Å². The molecule has 0 spiro atoms. The van der Waals surface area contributed by atoms with Gasteiger partial charge in [0.15, 0.2) is 0 Å². The van der Waals surface area contributed by atoms with Crippen LogP contribution in [0.2, 0.25) is 0 Å². The second kappa shape index (κ2) is 5.77. The monoisotopic (exact) mass is 267 g/mol. The topological polar surface area (TPSA) is 33.0 Å². The average Bonchev–Trinajstić information content (AvgIpc) is 2.27. The number of rotatable bonds is 4. The molecule has 1 aromatic rings. The molecule has 0 saturated heterocycles. The van der Waals surface area contributed by atoms with Crippen LogP contribution in [0.25, 0.3) is 0 Å². The van der Waals surface area contributed by atoms with E-state index in [0.29, 0.717) is 11.3 Å². The van der Waals surface area contributed by atoms with Crippen LogP contribution in [0.15, 0.2) is 22.7 Å². The van der Waals surface area contributed by atoms with Gasteiger partial charge in [0.25, 0.3) is 0 Å². The second-order valence-corrected chi connectivity index (χ2v) is 4.22. The highest BCUT2D eigenvalue weighted by Gasteiger charge is 2.09. The molecule has 0 heterocycles. The summed E-state index contributed by atoms with van der Waals surface area (Å²) in [6, 6.07) is 7.63. The molecule has 0 aliphatic heterocycles. The molecule has 1 aromatic carbocycles. The zero-order valence-corrected chi connectivity index (χ0v) is 10.5. The van der Waals surface area contributed by atoms with Gasteiger partial charge in [-0.2, -0.15) is 5.26 Å². The van der Waals surface area contributed by atoms with E-state index < -0.39 is 0 Å². The molecule has 0 saturated carbocycles. The van der Waals surface area contributed by atoms with E-state index in [0.717, 1.165) is 17.3 Å². The van der Waals surface area contributed by atoms with E-state index in [9.17, 15) is 0 Å². The lowest BCUT2D eigenvalue weighted by Crippen LogP contribution is -2.14. The van der Waals surface area contributed by atoms with Crippen molar-refractivity contribution < 1.29 is 4.74 Å². The number of hydrogen-bond donors (Lipinski definition) is 0. The van der Waals surface area contributed by atoms with E-state index in [2.05, 4.69) is 35.8 Å². The molecule has 3 heteroatoms. The minimum Gasteiger partial charge on any atom is -0.489 e. The molecule has 0 atom stereocenters. The highest BCUT2D eigenvalue weighted by atomic mass is 79.9. The number of nitrogens with zero attached hydrogens (tertiary/aromatic N) is 1. The predicted octanol–water partition coefficient (Wildman–Crippen LogP) is 3.89. The van der Waals surface area contributed by atoms with Crippen molar-refractivity contribution in [2.45, 2.75) is 32.8 Å². The Morgan fingerprint density at radius 1 is 1.40 bits per heavy atom. The Labute approximate surface area is 99.0 Å². The maximum Gasteiger partial charge on any atom is 0.137 e. The molecule has 80 valence electrons. The third-order valence-corrected chi connectivity index (χ3v) is 2.76. The smallest absolute Gasteiger partial charge is 0.137 e. The standard InChI is InChI=1S/C12H14BrNO/c1-3-11(4-2)15-12-6-5-10(13)7-9(12)8-14/h5-7,11H,3-4H2,1-2H3. The molecule has 0 radical (unpaired) electrons. The van der Waals surface area contributed by atoms with E-state index >= 15 is 0 Å². The first-order valence-electron chi connectivity index (χ1n) is 5.07. The van der Waals surface area contributed by atoms with E-state index in [4.69, 9.17) is 10.00 Å². The molecule has 0 amide bonds. The van der Waals surface area contributed by atoms with Crippen LogP contribution in [0.5, 0.6) is 5.75 Å². The predicted molar refractivity (Wildman–Crippen MR) is 63.9 cm³/mol. The Morgan fingerprint density at radius 3 is 2.60 bits per heavy atom. The average molecular weight is 268 g/mol. The Balaban J connectivity index is 2.90. The number of halogens is 1. The lowest BCUT2D eigenvalue weighted by Gasteiger charge is -2.16. The summed E-state index contributed by atoms with van der Waals surface area (Å²) in [5.74, 6) is 0.675. The highest BCUT2D eigenvalue weighted by molar-refractivity contribution is 9.10. The second-order valence-electron chi connectivity index (χ2n) is 3.31. The molecule has 0 aliphatic rings. The van der Waals surface area contributed by atoms with Gasteiger partial charge in [-0.05, 0) is 31.0 Å². The Hall–Kier alpha value is -1.01. The van der Waals surface area contributed by atoms with Gasteiger partial charge in [0.2, 0.25) is 0 Å². The molecule has 0 bridgehead atoms. The fourth-order valence-electron chi connectivity index (χ4n) is 1.33. The maximum atomic E-state index is 8.95. The summed E-state index contributed by atoms with van der Waals surface area (Å²) in [6.45, 7) is 4.16. The largest absolute Gasteiger partial charge is 0.489 e. The first-order valence-corrected chi connectivity index (χ1v) is 5.86. The minimum absolute atomic E-state index is 0.193. The number of ether oxygens (including phenoxy) is 1. The van der Waals surface area contributed by atoms with Gasteiger partial charge in [0.1, 0.15) is 11.8 Å². The fourth-order valence-corrected chi connectivity index (χ4v) is 1.69. The normalized spacial score (nSPS) is 10.1. The van der Waals surface area contributed by atoms with Crippen LogP contribution >= 0.6 is 15.9 Å². The summed E-state index contributed by atoms with van der Waals surface area (Å²) < 4.78 is 6.65. The molecular formula is C12H14BrNO. The molecule has 2 nitrogen and oxygen atoms in total. The summed E-state index contributed by atoms with van der Waals surface area (Å²) >= 11 is 3.33. The van der Waals surface area contributed by atoms with Crippen LogP contribution < -0.4 is 4.74 Å². The van der Waals surface area contributed by atoms with Crippen molar-refractivity contribution in [2.75, 3.05) is 0 Å². The highest BCUT2D eigenvalue weighted by Crippen LogP contribution is 2.24. The van der Waals surface area contributed by atoms with Crippen molar-refractivity contribution >= 4 is 15.9 Å². The van der Waals surface area contributed by atoms with Crippen LogP contribution in [0.3, 0.4) is 0 Å². The zero-order valence-electron chi connectivity index (χ0n) is 8.96. The molecule has 0 N–H and O–H groups in total. The van der Waals surface area contributed by atoms with Gasteiger partial charge in [-0.3, -0.25) is 0 Å². The minimum atomic E-state index is 0.193. The van der Waals surface area contributed by atoms with Gasteiger partial charge in [-0.1, -0.05) is 29.8 Å². The van der Waals surface area contributed by atoms with Crippen molar-refractivity contribution in [3.05, 3.63) is 28.2 Å². The van der Waals surface area contributed by atoms with E-state index in [1.54, 1.807) is 6.07 Å². The van der Waals surface area contributed by atoms with Gasteiger partial charge < -0.3 is 4.74 Å². The lowest BCUT2D eigenvalue weighted by atomic mass is 10.2.